The Kier molecular flexibility index (Phi) is 5.21. The summed E-state index contributed by atoms with van der Waals surface area (Å²) in [6.45, 7) is 3.69. The number of aromatic nitrogens is 2. The Morgan fingerprint density at radius 3 is 2.46 bits per heavy atom. The Labute approximate surface area is 151 Å². The van der Waals surface area contributed by atoms with Crippen LogP contribution in [0.3, 0.4) is 0 Å². The molecule has 0 saturated carbocycles. The maximum atomic E-state index is 12.6. The summed E-state index contributed by atoms with van der Waals surface area (Å²) in [5.41, 5.74) is 0.695. The Balaban J connectivity index is 1.85. The molecule has 1 amide bonds. The van der Waals surface area contributed by atoms with Crippen molar-refractivity contribution in [3.05, 3.63) is 45.8 Å². The zero-order valence-corrected chi connectivity index (χ0v) is 14.9. The first-order chi connectivity index (χ1) is 11.5. The first-order valence-corrected chi connectivity index (χ1v) is 8.66. The van der Waals surface area contributed by atoms with Crippen LogP contribution in [-0.2, 0) is 0 Å². The number of amides is 1. The number of carbonyl (C=O) groups is 1. The number of hydrogen-bond donors (Lipinski definition) is 1. The van der Waals surface area contributed by atoms with Crippen molar-refractivity contribution in [3.8, 4) is 0 Å². The van der Waals surface area contributed by atoms with Gasteiger partial charge in [0.25, 0.3) is 5.91 Å². The van der Waals surface area contributed by atoms with Crippen LogP contribution in [0.25, 0.3) is 0 Å². The van der Waals surface area contributed by atoms with Gasteiger partial charge in [-0.25, -0.2) is 9.97 Å². The number of anilines is 2. The van der Waals surface area contributed by atoms with Crippen LogP contribution in [0.4, 0.5) is 11.5 Å². The van der Waals surface area contributed by atoms with E-state index in [1.807, 2.05) is 0 Å². The van der Waals surface area contributed by atoms with Gasteiger partial charge in [-0.1, -0.05) is 29.3 Å². The van der Waals surface area contributed by atoms with E-state index in [2.05, 4.69) is 20.2 Å². The van der Waals surface area contributed by atoms with Gasteiger partial charge in [-0.3, -0.25) is 4.79 Å². The van der Waals surface area contributed by atoms with Gasteiger partial charge < -0.3 is 10.2 Å². The van der Waals surface area contributed by atoms with Crippen LogP contribution in [0.15, 0.2) is 24.3 Å². The van der Waals surface area contributed by atoms with Crippen molar-refractivity contribution in [3.63, 3.8) is 0 Å². The summed E-state index contributed by atoms with van der Waals surface area (Å²) in [5.74, 6) is 1.000. The largest absolute Gasteiger partial charge is 0.356 e. The molecular weight excluding hydrogens is 347 g/mol. The van der Waals surface area contributed by atoms with Gasteiger partial charge in [0, 0.05) is 19.2 Å². The van der Waals surface area contributed by atoms with E-state index >= 15 is 0 Å². The van der Waals surface area contributed by atoms with Gasteiger partial charge in [-0.05, 0) is 38.3 Å². The smallest absolute Gasteiger partial charge is 0.274 e. The van der Waals surface area contributed by atoms with Crippen LogP contribution in [0.1, 0.15) is 35.6 Å². The normalized spacial score (nSPS) is 14.5. The Morgan fingerprint density at radius 2 is 1.79 bits per heavy atom. The molecule has 1 aromatic heterocycles. The van der Waals surface area contributed by atoms with Gasteiger partial charge in [0.1, 0.15) is 17.3 Å². The summed E-state index contributed by atoms with van der Waals surface area (Å²) < 4.78 is 0. The molecule has 3 rings (SSSR count). The Hall–Kier alpha value is -1.85. The lowest BCUT2D eigenvalue weighted by molar-refractivity contribution is 0.102. The van der Waals surface area contributed by atoms with Crippen LogP contribution < -0.4 is 10.2 Å². The third kappa shape index (κ3) is 3.79. The summed E-state index contributed by atoms with van der Waals surface area (Å²) in [4.78, 5) is 23.5. The molecule has 0 radical (unpaired) electrons. The van der Waals surface area contributed by atoms with E-state index in [0.29, 0.717) is 27.3 Å². The monoisotopic (exact) mass is 364 g/mol. The fourth-order valence-electron chi connectivity index (χ4n) is 2.75. The highest BCUT2D eigenvalue weighted by molar-refractivity contribution is 6.40. The molecule has 1 fully saturated rings. The lowest BCUT2D eigenvalue weighted by Gasteiger charge is -2.28. The topological polar surface area (TPSA) is 58.1 Å². The number of piperidine rings is 1. The van der Waals surface area contributed by atoms with E-state index in [4.69, 9.17) is 23.2 Å². The second-order valence-corrected chi connectivity index (χ2v) is 6.57. The fourth-order valence-corrected chi connectivity index (χ4v) is 3.24. The first kappa shape index (κ1) is 17.0. The standard InChI is InChI=1S/C17H18Cl2N4O/c1-11-20-14(10-15(21-11)23-8-3-2-4-9-23)17(24)22-16-12(18)6-5-7-13(16)19/h5-7,10H,2-4,8-9H2,1H3,(H,22,24). The molecule has 1 N–H and O–H groups in total. The molecule has 1 aromatic carbocycles. The number of para-hydroxylation sites is 1. The quantitative estimate of drug-likeness (QED) is 0.879. The Morgan fingerprint density at radius 1 is 1.12 bits per heavy atom. The minimum absolute atomic E-state index is 0.305. The molecule has 126 valence electrons. The van der Waals surface area contributed by atoms with Crippen molar-refractivity contribution in [1.29, 1.82) is 0 Å². The average molecular weight is 365 g/mol. The lowest BCUT2D eigenvalue weighted by atomic mass is 10.1. The fraction of sp³-hybridized carbons (Fsp3) is 0.353. The predicted octanol–water partition coefficient (Wildman–Crippen LogP) is 4.33. The van der Waals surface area contributed by atoms with E-state index < -0.39 is 0 Å². The molecule has 0 bridgehead atoms. The second kappa shape index (κ2) is 7.36. The summed E-state index contributed by atoms with van der Waals surface area (Å²) >= 11 is 12.2. The molecule has 24 heavy (non-hydrogen) atoms. The number of rotatable bonds is 3. The van der Waals surface area contributed by atoms with Crippen molar-refractivity contribution in [1.82, 2.24) is 9.97 Å². The van der Waals surface area contributed by atoms with Crippen LogP contribution >= 0.6 is 23.2 Å². The highest BCUT2D eigenvalue weighted by Gasteiger charge is 2.18. The van der Waals surface area contributed by atoms with Gasteiger partial charge in [0.05, 0.1) is 15.7 Å². The SMILES string of the molecule is Cc1nc(C(=O)Nc2c(Cl)cccc2Cl)cc(N2CCCCC2)n1. The van der Waals surface area contributed by atoms with Crippen molar-refractivity contribution in [2.45, 2.75) is 26.2 Å². The van der Waals surface area contributed by atoms with E-state index in [9.17, 15) is 4.79 Å². The molecule has 0 unspecified atom stereocenters. The van der Waals surface area contributed by atoms with E-state index in [0.717, 1.165) is 31.7 Å². The summed E-state index contributed by atoms with van der Waals surface area (Å²) in [7, 11) is 0. The van der Waals surface area contributed by atoms with Crippen LogP contribution in [0, 0.1) is 6.92 Å². The van der Waals surface area contributed by atoms with E-state index in [1.54, 1.807) is 31.2 Å². The van der Waals surface area contributed by atoms with E-state index in [1.165, 1.54) is 6.42 Å². The number of nitrogens with one attached hydrogen (secondary N) is 1. The molecule has 1 saturated heterocycles. The lowest BCUT2D eigenvalue weighted by Crippen LogP contribution is -2.31. The van der Waals surface area contributed by atoms with E-state index in [-0.39, 0.29) is 5.91 Å². The second-order valence-electron chi connectivity index (χ2n) is 5.76. The molecule has 2 aromatic rings. The molecule has 0 aliphatic carbocycles. The zero-order chi connectivity index (χ0) is 17.1. The predicted molar refractivity (Wildman–Crippen MR) is 97.2 cm³/mol. The summed E-state index contributed by atoms with van der Waals surface area (Å²) in [6.07, 6.45) is 3.51. The van der Waals surface area contributed by atoms with Crippen LogP contribution in [0.5, 0.6) is 0 Å². The maximum Gasteiger partial charge on any atom is 0.274 e. The summed E-state index contributed by atoms with van der Waals surface area (Å²) in [6, 6.07) is 6.79. The molecule has 5 nitrogen and oxygen atoms in total. The van der Waals surface area contributed by atoms with Crippen molar-refractivity contribution < 1.29 is 4.79 Å². The van der Waals surface area contributed by atoms with Gasteiger partial charge >= 0.3 is 0 Å². The first-order valence-electron chi connectivity index (χ1n) is 7.90. The number of hydrogen-bond acceptors (Lipinski definition) is 4. The molecule has 0 spiro atoms. The third-order valence-corrected chi connectivity index (χ3v) is 4.57. The number of halogens is 2. The average Bonchev–Trinajstić information content (AvgIpc) is 2.58. The minimum atomic E-state index is -0.353. The van der Waals surface area contributed by atoms with Gasteiger partial charge in [-0.2, -0.15) is 0 Å². The molecule has 2 heterocycles. The molecule has 0 atom stereocenters. The highest BCUT2D eigenvalue weighted by atomic mass is 35.5. The number of nitrogens with zero attached hydrogens (tertiary/aromatic N) is 3. The maximum absolute atomic E-state index is 12.6. The molecular formula is C17H18Cl2N4O. The molecule has 1 aliphatic heterocycles. The number of aryl methyl sites for hydroxylation is 1. The zero-order valence-electron chi connectivity index (χ0n) is 13.4. The number of carbonyl (C=O) groups excluding carboxylic acids is 1. The van der Waals surface area contributed by atoms with Crippen molar-refractivity contribution in [2.75, 3.05) is 23.3 Å². The minimum Gasteiger partial charge on any atom is -0.356 e. The van der Waals surface area contributed by atoms with Gasteiger partial charge in [-0.15, -0.1) is 0 Å². The Bertz CT molecular complexity index is 740. The van der Waals surface area contributed by atoms with Crippen molar-refractivity contribution in [2.24, 2.45) is 0 Å². The van der Waals surface area contributed by atoms with Crippen LogP contribution in [-0.4, -0.2) is 29.0 Å². The van der Waals surface area contributed by atoms with Gasteiger partial charge in [0.2, 0.25) is 0 Å². The number of benzene rings is 1. The summed E-state index contributed by atoms with van der Waals surface area (Å²) in [5, 5.41) is 3.51. The molecule has 1 aliphatic rings. The van der Waals surface area contributed by atoms with Crippen LogP contribution in [0.2, 0.25) is 10.0 Å². The molecule has 7 heteroatoms. The van der Waals surface area contributed by atoms with Crippen molar-refractivity contribution >= 4 is 40.6 Å². The van der Waals surface area contributed by atoms with Gasteiger partial charge in [0.15, 0.2) is 0 Å². The highest BCUT2D eigenvalue weighted by Crippen LogP contribution is 2.30. The third-order valence-electron chi connectivity index (χ3n) is 3.94.